The zero-order valence-electron chi connectivity index (χ0n) is 17.1. The average molecular weight is 456 g/mol. The molecule has 1 aliphatic rings. The highest BCUT2D eigenvalue weighted by atomic mass is 32.1. The van der Waals surface area contributed by atoms with Crippen LogP contribution in [0.2, 0.25) is 0 Å². The van der Waals surface area contributed by atoms with E-state index in [0.717, 1.165) is 49.9 Å². The first-order chi connectivity index (χ1) is 15.5. The van der Waals surface area contributed by atoms with E-state index in [4.69, 9.17) is 0 Å². The Morgan fingerprint density at radius 1 is 1.00 bits per heavy atom. The zero-order chi connectivity index (χ0) is 22.1. The van der Waals surface area contributed by atoms with Crippen molar-refractivity contribution in [2.45, 2.75) is 12.7 Å². The summed E-state index contributed by atoms with van der Waals surface area (Å²) in [6, 6.07) is 8.41. The lowest BCUT2D eigenvalue weighted by molar-refractivity contribution is -0.140. The molecule has 0 unspecified atom stereocenters. The van der Waals surface area contributed by atoms with Gasteiger partial charge in [0.25, 0.3) is 0 Å². The van der Waals surface area contributed by atoms with Crippen molar-refractivity contribution in [1.82, 2.24) is 19.9 Å². The van der Waals surface area contributed by atoms with Crippen LogP contribution >= 0.6 is 11.3 Å². The van der Waals surface area contributed by atoms with Crippen molar-refractivity contribution in [3.63, 3.8) is 0 Å². The van der Waals surface area contributed by atoms with Gasteiger partial charge in [0, 0.05) is 62.3 Å². The smallest absolute Gasteiger partial charge is 0.353 e. The van der Waals surface area contributed by atoms with Gasteiger partial charge in [-0.3, -0.25) is 9.88 Å². The summed E-state index contributed by atoms with van der Waals surface area (Å²) >= 11 is 1.49. The third kappa shape index (κ3) is 4.18. The van der Waals surface area contributed by atoms with E-state index >= 15 is 0 Å². The molecule has 5 nitrogen and oxygen atoms in total. The Bertz CT molecular complexity index is 1200. The Morgan fingerprint density at radius 3 is 2.53 bits per heavy atom. The van der Waals surface area contributed by atoms with Crippen molar-refractivity contribution in [2.75, 3.05) is 31.1 Å². The number of hydrogen-bond donors (Lipinski definition) is 0. The second-order valence-electron chi connectivity index (χ2n) is 7.72. The monoisotopic (exact) mass is 455 g/mol. The largest absolute Gasteiger partial charge is 0.433 e. The molecule has 0 saturated carbocycles. The number of hydrogen-bond acceptors (Lipinski definition) is 6. The van der Waals surface area contributed by atoms with Crippen molar-refractivity contribution in [2.24, 2.45) is 0 Å². The molecule has 0 radical (unpaired) electrons. The first kappa shape index (κ1) is 20.8. The molecule has 32 heavy (non-hydrogen) atoms. The molecule has 1 aliphatic heterocycles. The fourth-order valence-electron chi connectivity index (χ4n) is 4.01. The number of aromatic nitrogens is 3. The van der Waals surface area contributed by atoms with Crippen molar-refractivity contribution in [1.29, 1.82) is 0 Å². The highest BCUT2D eigenvalue weighted by Crippen LogP contribution is 2.36. The third-order valence-corrected chi connectivity index (χ3v) is 6.31. The van der Waals surface area contributed by atoms with Gasteiger partial charge in [-0.05, 0) is 46.2 Å². The van der Waals surface area contributed by atoms with Crippen LogP contribution in [0.4, 0.5) is 19.0 Å². The van der Waals surface area contributed by atoms with Crippen LogP contribution < -0.4 is 4.90 Å². The van der Waals surface area contributed by atoms with Gasteiger partial charge in [0.15, 0.2) is 0 Å². The summed E-state index contributed by atoms with van der Waals surface area (Å²) in [6.45, 7) is 3.96. The molecule has 0 bridgehead atoms. The average Bonchev–Trinajstić information content (AvgIpc) is 3.33. The van der Waals surface area contributed by atoms with E-state index < -0.39 is 11.9 Å². The van der Waals surface area contributed by atoms with Gasteiger partial charge in [-0.25, -0.2) is 9.97 Å². The van der Waals surface area contributed by atoms with E-state index in [0.29, 0.717) is 22.3 Å². The van der Waals surface area contributed by atoms with Gasteiger partial charge in [-0.1, -0.05) is 6.07 Å². The standard InChI is InChI=1S/C23H20F3N5S/c24-23(25,26)20-4-3-18-21(29-20)19(17-5-11-32-15-17)13-28-22(18)31-9-7-30(8-10-31)14-16-2-1-6-27-12-16/h1-6,11-13,15H,7-10,14H2. The molecule has 9 heteroatoms. The number of thiophene rings is 1. The highest BCUT2D eigenvalue weighted by Gasteiger charge is 2.33. The summed E-state index contributed by atoms with van der Waals surface area (Å²) in [5.74, 6) is 0.682. The lowest BCUT2D eigenvalue weighted by Gasteiger charge is -2.36. The number of nitrogens with zero attached hydrogens (tertiary/aromatic N) is 5. The maximum atomic E-state index is 13.4. The van der Waals surface area contributed by atoms with Crippen LogP contribution in [0.3, 0.4) is 0 Å². The topological polar surface area (TPSA) is 45.2 Å². The number of pyridine rings is 3. The van der Waals surface area contributed by atoms with Crippen LogP contribution in [0.25, 0.3) is 22.0 Å². The molecule has 0 amide bonds. The molecule has 4 aromatic heterocycles. The fraction of sp³-hybridized carbons (Fsp3) is 0.261. The number of halogens is 3. The molecule has 1 fully saturated rings. The normalized spacial score (nSPS) is 15.4. The summed E-state index contributed by atoms with van der Waals surface area (Å²) < 4.78 is 40.1. The van der Waals surface area contributed by atoms with Crippen molar-refractivity contribution in [3.05, 3.63) is 70.9 Å². The molecule has 4 aromatic rings. The second-order valence-corrected chi connectivity index (χ2v) is 8.50. The van der Waals surface area contributed by atoms with Gasteiger partial charge in [-0.15, -0.1) is 0 Å². The van der Waals surface area contributed by atoms with Gasteiger partial charge in [0.1, 0.15) is 11.5 Å². The van der Waals surface area contributed by atoms with Crippen LogP contribution in [-0.2, 0) is 12.7 Å². The van der Waals surface area contributed by atoms with Crippen molar-refractivity contribution >= 4 is 28.1 Å². The van der Waals surface area contributed by atoms with Crippen LogP contribution in [-0.4, -0.2) is 46.0 Å². The van der Waals surface area contributed by atoms with E-state index in [1.165, 1.54) is 17.4 Å². The summed E-state index contributed by atoms with van der Waals surface area (Å²) in [6.07, 6.45) is 0.779. The van der Waals surface area contributed by atoms with E-state index in [1.807, 2.05) is 29.1 Å². The first-order valence-electron chi connectivity index (χ1n) is 10.2. The maximum absolute atomic E-state index is 13.4. The summed E-state index contributed by atoms with van der Waals surface area (Å²) in [4.78, 5) is 17.3. The Morgan fingerprint density at radius 2 is 1.84 bits per heavy atom. The lowest BCUT2D eigenvalue weighted by atomic mass is 10.1. The quantitative estimate of drug-likeness (QED) is 0.429. The number of rotatable bonds is 4. The summed E-state index contributed by atoms with van der Waals surface area (Å²) in [5, 5.41) is 4.43. The minimum absolute atomic E-state index is 0.334. The zero-order valence-corrected chi connectivity index (χ0v) is 17.9. The number of anilines is 1. The molecule has 0 spiro atoms. The SMILES string of the molecule is FC(F)(F)c1ccc2c(N3CCN(Cc4cccnc4)CC3)ncc(-c3ccsc3)c2n1. The molecule has 1 saturated heterocycles. The van der Waals surface area contributed by atoms with Crippen LogP contribution in [0, 0.1) is 0 Å². The molecule has 0 atom stereocenters. The Balaban J connectivity index is 1.45. The molecular weight excluding hydrogens is 435 g/mol. The number of fused-ring (bicyclic) bond motifs is 1. The van der Waals surface area contributed by atoms with E-state index in [-0.39, 0.29) is 0 Å². The Hall–Kier alpha value is -3.04. The Kier molecular flexibility index (Phi) is 5.52. The third-order valence-electron chi connectivity index (χ3n) is 5.63. The van der Waals surface area contributed by atoms with Crippen molar-refractivity contribution in [3.8, 4) is 11.1 Å². The first-order valence-corrected chi connectivity index (χ1v) is 11.2. The number of alkyl halides is 3. The fourth-order valence-corrected chi connectivity index (χ4v) is 4.66. The van der Waals surface area contributed by atoms with Crippen LogP contribution in [0.1, 0.15) is 11.3 Å². The number of piperazine rings is 1. The predicted octanol–water partition coefficient (Wildman–Crippen LogP) is 5.09. The molecule has 5 heterocycles. The van der Waals surface area contributed by atoms with Crippen LogP contribution in [0.5, 0.6) is 0 Å². The van der Waals surface area contributed by atoms with Gasteiger partial charge in [-0.2, -0.15) is 24.5 Å². The van der Waals surface area contributed by atoms with Crippen molar-refractivity contribution < 1.29 is 13.2 Å². The molecular formula is C23H20F3N5S. The molecule has 0 aliphatic carbocycles. The predicted molar refractivity (Wildman–Crippen MR) is 120 cm³/mol. The second kappa shape index (κ2) is 8.48. The summed E-state index contributed by atoms with van der Waals surface area (Å²) in [7, 11) is 0. The van der Waals surface area contributed by atoms with E-state index in [9.17, 15) is 13.2 Å². The highest BCUT2D eigenvalue weighted by molar-refractivity contribution is 7.08. The van der Waals surface area contributed by atoms with Gasteiger partial charge in [0.2, 0.25) is 0 Å². The molecule has 164 valence electrons. The minimum atomic E-state index is -4.50. The van der Waals surface area contributed by atoms with Crippen LogP contribution in [0.15, 0.2) is 59.7 Å². The Labute approximate surface area is 187 Å². The van der Waals surface area contributed by atoms with E-state index in [2.05, 4.69) is 30.8 Å². The lowest BCUT2D eigenvalue weighted by Crippen LogP contribution is -2.46. The minimum Gasteiger partial charge on any atom is -0.353 e. The van der Waals surface area contributed by atoms with Gasteiger partial charge in [0.05, 0.1) is 5.52 Å². The maximum Gasteiger partial charge on any atom is 0.433 e. The molecule has 0 N–H and O–H groups in total. The van der Waals surface area contributed by atoms with Gasteiger partial charge >= 0.3 is 6.18 Å². The summed E-state index contributed by atoms with van der Waals surface area (Å²) in [5.41, 5.74) is 2.05. The molecule has 0 aromatic carbocycles. The van der Waals surface area contributed by atoms with E-state index in [1.54, 1.807) is 12.4 Å². The van der Waals surface area contributed by atoms with Gasteiger partial charge < -0.3 is 4.90 Å². The molecule has 5 rings (SSSR count).